The summed E-state index contributed by atoms with van der Waals surface area (Å²) in [5.41, 5.74) is 5.60. The van der Waals surface area contributed by atoms with Crippen molar-refractivity contribution >= 4 is 0 Å². The van der Waals surface area contributed by atoms with Gasteiger partial charge in [-0.3, -0.25) is 4.90 Å². The van der Waals surface area contributed by atoms with Crippen LogP contribution in [0.1, 0.15) is 26.7 Å². The van der Waals surface area contributed by atoms with Crippen LogP contribution in [0.2, 0.25) is 0 Å². The van der Waals surface area contributed by atoms with Crippen molar-refractivity contribution < 1.29 is 0 Å². The van der Waals surface area contributed by atoms with Crippen LogP contribution in [0.3, 0.4) is 0 Å². The molecule has 2 atom stereocenters. The normalized spacial score (nSPS) is 30.7. The van der Waals surface area contributed by atoms with E-state index in [0.717, 1.165) is 19.6 Å². The summed E-state index contributed by atoms with van der Waals surface area (Å²) in [6, 6.07) is 1.38. The third-order valence-electron chi connectivity index (χ3n) is 2.99. The van der Waals surface area contributed by atoms with Crippen LogP contribution in [0.4, 0.5) is 0 Å². The van der Waals surface area contributed by atoms with E-state index in [0.29, 0.717) is 12.1 Å². The fraction of sp³-hybridized carbons (Fsp3) is 1.00. The van der Waals surface area contributed by atoms with Gasteiger partial charge in [0.1, 0.15) is 0 Å². The summed E-state index contributed by atoms with van der Waals surface area (Å²) in [4.78, 5) is 2.53. The van der Waals surface area contributed by atoms with E-state index in [4.69, 9.17) is 5.73 Å². The highest BCUT2D eigenvalue weighted by Crippen LogP contribution is 2.10. The first-order chi connectivity index (χ1) is 6.31. The summed E-state index contributed by atoms with van der Waals surface area (Å²) in [6.07, 6.45) is 2.45. The van der Waals surface area contributed by atoms with Gasteiger partial charge in [-0.15, -0.1) is 0 Å². The van der Waals surface area contributed by atoms with E-state index in [2.05, 4.69) is 24.1 Å². The molecule has 0 aliphatic carbocycles. The molecule has 0 radical (unpaired) electrons. The number of nitrogens with two attached hydrogens (primary N) is 1. The zero-order chi connectivity index (χ0) is 9.68. The number of nitrogens with zero attached hydrogens (tertiary/aromatic N) is 1. The first kappa shape index (κ1) is 11.0. The van der Waals surface area contributed by atoms with Crippen molar-refractivity contribution in [1.29, 1.82) is 0 Å². The second kappa shape index (κ2) is 5.58. The SMILES string of the molecule is CC[C@@H]1CN(CCN)[C@H](CC)CN1. The Morgan fingerprint density at radius 1 is 1.38 bits per heavy atom. The molecule has 0 unspecified atom stereocenters. The lowest BCUT2D eigenvalue weighted by Gasteiger charge is -2.39. The lowest BCUT2D eigenvalue weighted by atomic mass is 10.1. The first-order valence-corrected chi connectivity index (χ1v) is 5.49. The first-order valence-electron chi connectivity index (χ1n) is 5.49. The second-order valence-corrected chi connectivity index (χ2v) is 3.86. The Labute approximate surface area is 81.7 Å². The van der Waals surface area contributed by atoms with Crippen LogP contribution in [0.5, 0.6) is 0 Å². The van der Waals surface area contributed by atoms with E-state index < -0.39 is 0 Å². The Morgan fingerprint density at radius 3 is 2.69 bits per heavy atom. The number of rotatable bonds is 4. The van der Waals surface area contributed by atoms with Crippen molar-refractivity contribution in [1.82, 2.24) is 10.2 Å². The zero-order valence-corrected chi connectivity index (χ0v) is 8.92. The van der Waals surface area contributed by atoms with Crippen molar-refractivity contribution in [2.24, 2.45) is 5.73 Å². The van der Waals surface area contributed by atoms with Crippen molar-refractivity contribution in [3.63, 3.8) is 0 Å². The molecule has 1 heterocycles. The summed E-state index contributed by atoms with van der Waals surface area (Å²) in [5.74, 6) is 0. The maximum atomic E-state index is 5.60. The number of piperazine rings is 1. The highest BCUT2D eigenvalue weighted by atomic mass is 15.2. The highest BCUT2D eigenvalue weighted by Gasteiger charge is 2.24. The average molecular weight is 185 g/mol. The van der Waals surface area contributed by atoms with Gasteiger partial charge in [-0.1, -0.05) is 13.8 Å². The lowest BCUT2D eigenvalue weighted by molar-refractivity contribution is 0.129. The topological polar surface area (TPSA) is 41.3 Å². The minimum atomic E-state index is 0.675. The monoisotopic (exact) mass is 185 g/mol. The highest BCUT2D eigenvalue weighted by molar-refractivity contribution is 4.84. The molecular formula is C10H23N3. The Kier molecular flexibility index (Phi) is 4.70. The molecule has 0 spiro atoms. The van der Waals surface area contributed by atoms with Gasteiger partial charge in [-0.25, -0.2) is 0 Å². The summed E-state index contributed by atoms with van der Waals surface area (Å²) in [6.45, 7) is 8.64. The molecule has 0 amide bonds. The van der Waals surface area contributed by atoms with Crippen LogP contribution in [0.15, 0.2) is 0 Å². The quantitative estimate of drug-likeness (QED) is 0.666. The molecule has 0 saturated carbocycles. The fourth-order valence-corrected chi connectivity index (χ4v) is 2.04. The number of hydrogen-bond acceptors (Lipinski definition) is 3. The summed E-state index contributed by atoms with van der Waals surface area (Å²) in [5, 5.41) is 3.58. The van der Waals surface area contributed by atoms with Crippen LogP contribution in [0.25, 0.3) is 0 Å². The molecule has 0 aromatic rings. The predicted octanol–water partition coefficient (Wildman–Crippen LogP) is 0.408. The molecule has 3 N–H and O–H groups in total. The van der Waals surface area contributed by atoms with Crippen molar-refractivity contribution in [3.05, 3.63) is 0 Å². The molecule has 1 saturated heterocycles. The summed E-state index contributed by atoms with van der Waals surface area (Å²) in [7, 11) is 0. The fourth-order valence-electron chi connectivity index (χ4n) is 2.04. The standard InChI is InChI=1S/C10H23N3/c1-3-9-8-13(6-5-11)10(4-2)7-12-9/h9-10,12H,3-8,11H2,1-2H3/t9-,10-/m1/s1. The molecule has 1 rings (SSSR count). The lowest BCUT2D eigenvalue weighted by Crippen LogP contribution is -2.56. The van der Waals surface area contributed by atoms with E-state index in [9.17, 15) is 0 Å². The summed E-state index contributed by atoms with van der Waals surface area (Å²) < 4.78 is 0. The number of nitrogens with one attached hydrogen (secondary N) is 1. The van der Waals surface area contributed by atoms with E-state index >= 15 is 0 Å². The molecule has 1 aliphatic heterocycles. The second-order valence-electron chi connectivity index (χ2n) is 3.86. The van der Waals surface area contributed by atoms with Gasteiger partial charge in [0.25, 0.3) is 0 Å². The van der Waals surface area contributed by atoms with E-state index in [1.165, 1.54) is 19.4 Å². The van der Waals surface area contributed by atoms with E-state index in [1.807, 2.05) is 0 Å². The Balaban J connectivity index is 2.42. The Bertz CT molecular complexity index is 138. The molecule has 0 bridgehead atoms. The third-order valence-corrected chi connectivity index (χ3v) is 2.99. The summed E-state index contributed by atoms with van der Waals surface area (Å²) >= 11 is 0. The van der Waals surface area contributed by atoms with Gasteiger partial charge < -0.3 is 11.1 Å². The smallest absolute Gasteiger partial charge is 0.0219 e. The average Bonchev–Trinajstić information content (AvgIpc) is 2.18. The maximum Gasteiger partial charge on any atom is 0.0219 e. The maximum absolute atomic E-state index is 5.60. The zero-order valence-electron chi connectivity index (χ0n) is 8.92. The molecule has 0 aromatic carbocycles. The van der Waals surface area contributed by atoms with Gasteiger partial charge >= 0.3 is 0 Å². The molecular weight excluding hydrogens is 162 g/mol. The van der Waals surface area contributed by atoms with Gasteiger partial charge in [0, 0.05) is 38.3 Å². The van der Waals surface area contributed by atoms with Crippen LogP contribution in [0, 0.1) is 0 Å². The largest absolute Gasteiger partial charge is 0.329 e. The molecule has 78 valence electrons. The van der Waals surface area contributed by atoms with Gasteiger partial charge in [0.2, 0.25) is 0 Å². The van der Waals surface area contributed by atoms with Crippen molar-refractivity contribution in [3.8, 4) is 0 Å². The van der Waals surface area contributed by atoms with Crippen LogP contribution < -0.4 is 11.1 Å². The van der Waals surface area contributed by atoms with Gasteiger partial charge in [0.05, 0.1) is 0 Å². The molecule has 0 aromatic heterocycles. The van der Waals surface area contributed by atoms with Gasteiger partial charge in [0.15, 0.2) is 0 Å². The molecule has 3 nitrogen and oxygen atoms in total. The van der Waals surface area contributed by atoms with E-state index in [-0.39, 0.29) is 0 Å². The van der Waals surface area contributed by atoms with E-state index in [1.54, 1.807) is 0 Å². The molecule has 1 fully saturated rings. The molecule has 3 heteroatoms. The Hall–Kier alpha value is -0.120. The third kappa shape index (κ3) is 2.93. The minimum absolute atomic E-state index is 0.675. The minimum Gasteiger partial charge on any atom is -0.329 e. The molecule has 1 aliphatic rings. The van der Waals surface area contributed by atoms with Crippen LogP contribution in [-0.2, 0) is 0 Å². The van der Waals surface area contributed by atoms with Gasteiger partial charge in [-0.2, -0.15) is 0 Å². The molecule has 13 heavy (non-hydrogen) atoms. The predicted molar refractivity (Wildman–Crippen MR) is 56.8 cm³/mol. The van der Waals surface area contributed by atoms with Gasteiger partial charge in [-0.05, 0) is 12.8 Å². The van der Waals surface area contributed by atoms with Crippen LogP contribution >= 0.6 is 0 Å². The number of hydrogen-bond donors (Lipinski definition) is 2. The van der Waals surface area contributed by atoms with Crippen molar-refractivity contribution in [2.45, 2.75) is 38.8 Å². The van der Waals surface area contributed by atoms with Crippen molar-refractivity contribution in [2.75, 3.05) is 26.2 Å². The Morgan fingerprint density at radius 2 is 2.15 bits per heavy atom. The van der Waals surface area contributed by atoms with Crippen LogP contribution in [-0.4, -0.2) is 43.2 Å².